The van der Waals surface area contributed by atoms with Gasteiger partial charge in [0.15, 0.2) is 5.82 Å². The first-order chi connectivity index (χ1) is 15.7. The Bertz CT molecular complexity index is 1080. The van der Waals surface area contributed by atoms with Crippen LogP contribution in [0.15, 0.2) is 48.5 Å². The first-order valence-electron chi connectivity index (χ1n) is 11.2. The van der Waals surface area contributed by atoms with Crippen LogP contribution in [-0.2, 0) is 6.54 Å². The summed E-state index contributed by atoms with van der Waals surface area (Å²) in [6.07, 6.45) is -0.905. The van der Waals surface area contributed by atoms with Crippen molar-refractivity contribution in [2.24, 2.45) is 11.3 Å². The molecule has 8 heteroatoms. The Morgan fingerprint density at radius 1 is 1.12 bits per heavy atom. The van der Waals surface area contributed by atoms with E-state index in [9.17, 15) is 13.2 Å². The smallest absolute Gasteiger partial charge is 0.184 e. The highest BCUT2D eigenvalue weighted by molar-refractivity contribution is 5.55. The molecule has 0 bridgehead atoms. The van der Waals surface area contributed by atoms with E-state index in [1.807, 2.05) is 30.3 Å². The molecule has 3 unspecified atom stereocenters. The van der Waals surface area contributed by atoms with Crippen LogP contribution in [0.25, 0.3) is 11.4 Å². The van der Waals surface area contributed by atoms with Crippen molar-refractivity contribution in [1.29, 1.82) is 0 Å². The molecular weight excluding hydrogens is 427 g/mol. The number of nitrogens with zero attached hydrogens (tertiary/aromatic N) is 3. The summed E-state index contributed by atoms with van der Waals surface area (Å²) in [5.74, 6) is -0.551. The normalized spacial score (nSPS) is 19.7. The van der Waals surface area contributed by atoms with E-state index >= 15 is 0 Å². The van der Waals surface area contributed by atoms with Crippen molar-refractivity contribution in [2.45, 2.75) is 39.5 Å². The molecule has 2 heterocycles. The van der Waals surface area contributed by atoms with Gasteiger partial charge in [-0.1, -0.05) is 51.1 Å². The molecule has 3 atom stereocenters. The molecule has 1 saturated heterocycles. The van der Waals surface area contributed by atoms with Crippen LogP contribution >= 0.6 is 0 Å². The van der Waals surface area contributed by atoms with E-state index in [0.717, 1.165) is 23.8 Å². The minimum atomic E-state index is -0.905. The lowest BCUT2D eigenvalue weighted by atomic mass is 9.85. The highest BCUT2D eigenvalue weighted by Gasteiger charge is 2.34. The molecule has 5 nitrogen and oxygen atoms in total. The minimum absolute atomic E-state index is 0.0135. The van der Waals surface area contributed by atoms with Crippen molar-refractivity contribution in [3.8, 4) is 11.4 Å². The summed E-state index contributed by atoms with van der Waals surface area (Å²) in [6.45, 7) is 8.06. The summed E-state index contributed by atoms with van der Waals surface area (Å²) < 4.78 is 44.3. The monoisotopic (exact) mass is 457 g/mol. The van der Waals surface area contributed by atoms with Crippen LogP contribution in [0.4, 0.5) is 13.2 Å². The lowest BCUT2D eigenvalue weighted by Gasteiger charge is -2.32. The first-order valence-corrected chi connectivity index (χ1v) is 11.2. The summed E-state index contributed by atoms with van der Waals surface area (Å²) in [4.78, 5) is 4.68. The summed E-state index contributed by atoms with van der Waals surface area (Å²) >= 11 is 0. The Balaban J connectivity index is 1.73. The zero-order chi connectivity index (χ0) is 23.6. The topological polar surface area (TPSA) is 54.8 Å². The molecule has 0 aliphatic carbocycles. The summed E-state index contributed by atoms with van der Waals surface area (Å²) in [6, 6.07) is 12.7. The molecule has 0 radical (unpaired) electrons. The van der Waals surface area contributed by atoms with Gasteiger partial charge in [0.2, 0.25) is 0 Å². The molecule has 33 heavy (non-hydrogen) atoms. The number of hydrogen-bond donors (Lipinski definition) is 2. The van der Waals surface area contributed by atoms with Crippen molar-refractivity contribution in [3.63, 3.8) is 0 Å². The Morgan fingerprint density at radius 3 is 2.55 bits per heavy atom. The van der Waals surface area contributed by atoms with E-state index in [1.165, 1.54) is 0 Å². The van der Waals surface area contributed by atoms with E-state index in [4.69, 9.17) is 0 Å². The number of hydrogen-bond acceptors (Lipinski definition) is 4. The fourth-order valence-electron chi connectivity index (χ4n) is 4.18. The van der Waals surface area contributed by atoms with Gasteiger partial charge in [-0.2, -0.15) is 5.10 Å². The maximum atomic E-state index is 14.5. The van der Waals surface area contributed by atoms with E-state index in [0.29, 0.717) is 32.0 Å². The molecule has 4 rings (SSSR count). The third-order valence-electron chi connectivity index (χ3n) is 6.01. The van der Waals surface area contributed by atoms with Gasteiger partial charge in [0, 0.05) is 25.6 Å². The molecule has 0 spiro atoms. The van der Waals surface area contributed by atoms with Gasteiger partial charge in [0.05, 0.1) is 18.2 Å². The standard InChI is InChI=1S/C25H30F3N5/c1-25(2,3)22(30-13-17-12-29-14-21(17)28)24-31-23(19-11-18(26)9-10-20(19)27)32-33(24)15-16-7-5-4-6-8-16/h4-11,17,21-22,29-30H,12-15H2,1-3H3. The van der Waals surface area contributed by atoms with Crippen LogP contribution in [0.5, 0.6) is 0 Å². The quantitative estimate of drug-likeness (QED) is 0.548. The molecule has 3 aromatic rings. The zero-order valence-corrected chi connectivity index (χ0v) is 19.2. The van der Waals surface area contributed by atoms with Crippen molar-refractivity contribution < 1.29 is 13.2 Å². The Morgan fingerprint density at radius 2 is 1.88 bits per heavy atom. The average molecular weight is 458 g/mol. The number of nitrogens with one attached hydrogen (secondary N) is 2. The number of benzene rings is 2. The fraction of sp³-hybridized carbons (Fsp3) is 0.440. The lowest BCUT2D eigenvalue weighted by molar-refractivity contribution is 0.218. The Labute approximate surface area is 192 Å². The third-order valence-corrected chi connectivity index (χ3v) is 6.01. The Hall–Kier alpha value is -2.71. The first kappa shape index (κ1) is 23.4. The lowest BCUT2D eigenvalue weighted by Crippen LogP contribution is -2.39. The molecule has 1 fully saturated rings. The predicted molar refractivity (Wildman–Crippen MR) is 122 cm³/mol. The molecule has 1 aromatic heterocycles. The highest BCUT2D eigenvalue weighted by atomic mass is 19.1. The van der Waals surface area contributed by atoms with Crippen molar-refractivity contribution >= 4 is 0 Å². The van der Waals surface area contributed by atoms with Gasteiger partial charge in [0.25, 0.3) is 0 Å². The summed E-state index contributed by atoms with van der Waals surface area (Å²) in [5, 5.41) is 11.2. The predicted octanol–water partition coefficient (Wildman–Crippen LogP) is 4.51. The van der Waals surface area contributed by atoms with E-state index in [-0.39, 0.29) is 28.8 Å². The van der Waals surface area contributed by atoms with Crippen molar-refractivity contribution in [2.75, 3.05) is 19.6 Å². The molecule has 2 aromatic carbocycles. The van der Waals surface area contributed by atoms with Gasteiger partial charge >= 0.3 is 0 Å². The molecule has 1 aliphatic rings. The number of halogens is 3. The maximum Gasteiger partial charge on any atom is 0.184 e. The summed E-state index contributed by atoms with van der Waals surface area (Å²) in [5.41, 5.74) is 0.725. The number of alkyl halides is 1. The van der Waals surface area contributed by atoms with Gasteiger partial charge in [-0.25, -0.2) is 22.8 Å². The second-order valence-electron chi connectivity index (χ2n) is 9.70. The van der Waals surface area contributed by atoms with Crippen LogP contribution in [-0.4, -0.2) is 40.6 Å². The van der Waals surface area contributed by atoms with E-state index in [1.54, 1.807) is 4.68 Å². The van der Waals surface area contributed by atoms with Gasteiger partial charge in [-0.05, 0) is 29.2 Å². The molecule has 176 valence electrons. The van der Waals surface area contributed by atoms with E-state index < -0.39 is 17.8 Å². The summed E-state index contributed by atoms with van der Waals surface area (Å²) in [7, 11) is 0. The van der Waals surface area contributed by atoms with E-state index in [2.05, 4.69) is 41.5 Å². The second kappa shape index (κ2) is 9.65. The minimum Gasteiger partial charge on any atom is -0.313 e. The van der Waals surface area contributed by atoms with Crippen molar-refractivity contribution in [3.05, 3.63) is 71.6 Å². The van der Waals surface area contributed by atoms with Crippen LogP contribution in [0.1, 0.15) is 38.2 Å². The maximum absolute atomic E-state index is 14.5. The molecule has 1 aliphatic heterocycles. The average Bonchev–Trinajstić information content (AvgIpc) is 3.36. The van der Waals surface area contributed by atoms with Gasteiger partial charge in [0.1, 0.15) is 23.6 Å². The van der Waals surface area contributed by atoms with Crippen LogP contribution < -0.4 is 10.6 Å². The number of aromatic nitrogens is 3. The second-order valence-corrected chi connectivity index (χ2v) is 9.70. The number of rotatable bonds is 7. The van der Waals surface area contributed by atoms with Crippen LogP contribution in [0.3, 0.4) is 0 Å². The highest BCUT2D eigenvalue weighted by Crippen LogP contribution is 2.34. The largest absolute Gasteiger partial charge is 0.313 e. The third kappa shape index (κ3) is 5.45. The van der Waals surface area contributed by atoms with Gasteiger partial charge in [-0.3, -0.25) is 0 Å². The fourth-order valence-corrected chi connectivity index (χ4v) is 4.18. The molecular formula is C25H30F3N5. The molecule has 2 N–H and O–H groups in total. The van der Waals surface area contributed by atoms with Gasteiger partial charge < -0.3 is 10.6 Å². The molecule has 0 amide bonds. The SMILES string of the molecule is CC(C)(C)C(NCC1CNCC1F)c1nc(-c2cc(F)ccc2F)nn1Cc1ccccc1. The molecule has 0 saturated carbocycles. The Kier molecular flexibility index (Phi) is 6.86. The zero-order valence-electron chi connectivity index (χ0n) is 19.2. The van der Waals surface area contributed by atoms with Crippen LogP contribution in [0.2, 0.25) is 0 Å². The van der Waals surface area contributed by atoms with Crippen LogP contribution in [0, 0.1) is 23.0 Å². The van der Waals surface area contributed by atoms with Crippen molar-refractivity contribution in [1.82, 2.24) is 25.4 Å². The van der Waals surface area contributed by atoms with Gasteiger partial charge in [-0.15, -0.1) is 0 Å².